The molecule has 0 amide bonds. The third kappa shape index (κ3) is 3.55. The number of nitrogens with one attached hydrogen (secondary N) is 1. The van der Waals surface area contributed by atoms with Crippen LogP contribution in [0.1, 0.15) is 11.7 Å². The van der Waals surface area contributed by atoms with Gasteiger partial charge in [-0.1, -0.05) is 59.6 Å². The SMILES string of the molecule is Clc1cccc(OC(c2ccccc2)C2CNCCO2)c1Cl. The Bertz CT molecular complexity index is 615. The van der Waals surface area contributed by atoms with Crippen LogP contribution in [0.3, 0.4) is 0 Å². The molecular weight excluding hydrogens is 321 g/mol. The van der Waals surface area contributed by atoms with Gasteiger partial charge in [-0.25, -0.2) is 0 Å². The molecule has 22 heavy (non-hydrogen) atoms. The maximum absolute atomic E-state index is 6.25. The fourth-order valence-electron chi connectivity index (χ4n) is 2.49. The number of halogens is 2. The Morgan fingerprint density at radius 3 is 2.64 bits per heavy atom. The van der Waals surface area contributed by atoms with Gasteiger partial charge in [-0.2, -0.15) is 0 Å². The Balaban J connectivity index is 1.89. The molecular formula is C17H17Cl2NO2. The zero-order valence-corrected chi connectivity index (χ0v) is 13.5. The van der Waals surface area contributed by atoms with Crippen LogP contribution >= 0.6 is 23.2 Å². The second-order valence-corrected chi connectivity index (χ2v) is 5.90. The van der Waals surface area contributed by atoms with Gasteiger partial charge in [0.1, 0.15) is 16.9 Å². The van der Waals surface area contributed by atoms with Gasteiger partial charge in [-0.15, -0.1) is 0 Å². The summed E-state index contributed by atoms with van der Waals surface area (Å²) in [6.07, 6.45) is -0.323. The quantitative estimate of drug-likeness (QED) is 0.910. The van der Waals surface area contributed by atoms with Gasteiger partial charge in [0.05, 0.1) is 11.6 Å². The van der Waals surface area contributed by atoms with Crippen LogP contribution in [0.5, 0.6) is 5.75 Å². The van der Waals surface area contributed by atoms with E-state index in [0.29, 0.717) is 22.4 Å². The highest BCUT2D eigenvalue weighted by Crippen LogP contribution is 2.35. The predicted molar refractivity (Wildman–Crippen MR) is 88.9 cm³/mol. The number of ether oxygens (including phenoxy) is 2. The van der Waals surface area contributed by atoms with E-state index in [9.17, 15) is 0 Å². The highest BCUT2D eigenvalue weighted by Gasteiger charge is 2.28. The van der Waals surface area contributed by atoms with E-state index in [2.05, 4.69) is 5.32 Å². The molecule has 0 aliphatic carbocycles. The van der Waals surface area contributed by atoms with Crippen molar-refractivity contribution in [3.05, 3.63) is 64.1 Å². The van der Waals surface area contributed by atoms with E-state index < -0.39 is 0 Å². The maximum atomic E-state index is 6.25. The summed E-state index contributed by atoms with van der Waals surface area (Å²) >= 11 is 12.3. The standard InChI is InChI=1S/C17H17Cl2NO2/c18-13-7-4-8-14(16(13)19)22-17(12-5-2-1-3-6-12)15-11-20-9-10-21-15/h1-8,15,17,20H,9-11H2. The van der Waals surface area contributed by atoms with Gasteiger partial charge >= 0.3 is 0 Å². The molecule has 116 valence electrons. The van der Waals surface area contributed by atoms with Crippen LogP contribution < -0.4 is 10.1 Å². The van der Waals surface area contributed by atoms with E-state index in [1.165, 1.54) is 0 Å². The lowest BCUT2D eigenvalue weighted by atomic mass is 10.0. The van der Waals surface area contributed by atoms with E-state index in [-0.39, 0.29) is 12.2 Å². The van der Waals surface area contributed by atoms with E-state index in [0.717, 1.165) is 18.7 Å². The topological polar surface area (TPSA) is 30.5 Å². The minimum Gasteiger partial charge on any atom is -0.481 e. The van der Waals surface area contributed by atoms with Crippen LogP contribution in [0, 0.1) is 0 Å². The van der Waals surface area contributed by atoms with Crippen molar-refractivity contribution < 1.29 is 9.47 Å². The third-order valence-electron chi connectivity index (χ3n) is 3.59. The van der Waals surface area contributed by atoms with Crippen LogP contribution in [-0.4, -0.2) is 25.8 Å². The zero-order chi connectivity index (χ0) is 15.4. The largest absolute Gasteiger partial charge is 0.481 e. The molecule has 3 rings (SSSR count). The van der Waals surface area contributed by atoms with Gasteiger partial charge in [0, 0.05) is 13.1 Å². The van der Waals surface area contributed by atoms with Crippen molar-refractivity contribution in [2.24, 2.45) is 0 Å². The van der Waals surface area contributed by atoms with E-state index in [1.807, 2.05) is 42.5 Å². The molecule has 1 fully saturated rings. The van der Waals surface area contributed by atoms with Crippen LogP contribution in [0.2, 0.25) is 10.0 Å². The van der Waals surface area contributed by atoms with Gasteiger partial charge in [0.25, 0.3) is 0 Å². The van der Waals surface area contributed by atoms with Crippen LogP contribution in [0.4, 0.5) is 0 Å². The predicted octanol–water partition coefficient (Wildman–Crippen LogP) is 4.10. The van der Waals surface area contributed by atoms with Crippen molar-refractivity contribution in [1.82, 2.24) is 5.32 Å². The maximum Gasteiger partial charge on any atom is 0.151 e. The first-order valence-electron chi connectivity index (χ1n) is 7.23. The zero-order valence-electron chi connectivity index (χ0n) is 12.0. The van der Waals surface area contributed by atoms with E-state index in [4.69, 9.17) is 32.7 Å². The number of benzene rings is 2. The summed E-state index contributed by atoms with van der Waals surface area (Å²) in [4.78, 5) is 0. The molecule has 0 bridgehead atoms. The lowest BCUT2D eigenvalue weighted by Crippen LogP contribution is -2.43. The summed E-state index contributed by atoms with van der Waals surface area (Å²) < 4.78 is 12.0. The normalized spacial score (nSPS) is 19.6. The van der Waals surface area contributed by atoms with Crippen LogP contribution in [0.25, 0.3) is 0 Å². The minimum atomic E-state index is -0.245. The Hall–Kier alpha value is -1.26. The number of rotatable bonds is 4. The lowest BCUT2D eigenvalue weighted by Gasteiger charge is -2.32. The highest BCUT2D eigenvalue weighted by atomic mass is 35.5. The molecule has 0 spiro atoms. The molecule has 1 N–H and O–H groups in total. The van der Waals surface area contributed by atoms with Gasteiger partial charge in [-0.05, 0) is 17.7 Å². The minimum absolute atomic E-state index is 0.0776. The molecule has 2 aromatic rings. The first kappa shape index (κ1) is 15.6. The van der Waals surface area contributed by atoms with Gasteiger partial charge < -0.3 is 14.8 Å². The highest BCUT2D eigenvalue weighted by molar-refractivity contribution is 6.42. The molecule has 0 radical (unpaired) electrons. The summed E-state index contributed by atoms with van der Waals surface area (Å²) in [6, 6.07) is 15.4. The Morgan fingerprint density at radius 2 is 1.91 bits per heavy atom. The average molecular weight is 338 g/mol. The Morgan fingerprint density at radius 1 is 1.09 bits per heavy atom. The van der Waals surface area contributed by atoms with Crippen molar-refractivity contribution in [3.63, 3.8) is 0 Å². The van der Waals surface area contributed by atoms with E-state index >= 15 is 0 Å². The molecule has 0 saturated carbocycles. The first-order valence-corrected chi connectivity index (χ1v) is 7.99. The van der Waals surface area contributed by atoms with Crippen molar-refractivity contribution in [2.75, 3.05) is 19.7 Å². The van der Waals surface area contributed by atoms with Crippen molar-refractivity contribution in [2.45, 2.75) is 12.2 Å². The molecule has 1 aliphatic heterocycles. The van der Waals surface area contributed by atoms with Gasteiger partial charge in [-0.3, -0.25) is 0 Å². The molecule has 1 aliphatic rings. The fraction of sp³-hybridized carbons (Fsp3) is 0.294. The Kier molecular flexibility index (Phi) is 5.21. The molecule has 5 heteroatoms. The fourth-order valence-corrected chi connectivity index (χ4v) is 2.83. The second kappa shape index (κ2) is 7.34. The second-order valence-electron chi connectivity index (χ2n) is 5.11. The Labute approximate surface area is 140 Å². The molecule has 2 atom stereocenters. The lowest BCUT2D eigenvalue weighted by molar-refractivity contribution is -0.0432. The summed E-state index contributed by atoms with van der Waals surface area (Å²) in [6.45, 7) is 2.26. The van der Waals surface area contributed by atoms with Crippen molar-refractivity contribution >= 4 is 23.2 Å². The molecule has 3 nitrogen and oxygen atoms in total. The van der Waals surface area contributed by atoms with Gasteiger partial charge in [0.2, 0.25) is 0 Å². The summed E-state index contributed by atoms with van der Waals surface area (Å²) in [5.74, 6) is 0.567. The number of morpholine rings is 1. The van der Waals surface area contributed by atoms with E-state index in [1.54, 1.807) is 6.07 Å². The summed E-state index contributed by atoms with van der Waals surface area (Å²) in [7, 11) is 0. The first-order chi connectivity index (χ1) is 10.8. The molecule has 2 unspecified atom stereocenters. The molecule has 1 saturated heterocycles. The molecule has 1 heterocycles. The third-order valence-corrected chi connectivity index (χ3v) is 4.39. The summed E-state index contributed by atoms with van der Waals surface area (Å²) in [5.41, 5.74) is 1.05. The van der Waals surface area contributed by atoms with Gasteiger partial charge in [0.15, 0.2) is 6.10 Å². The summed E-state index contributed by atoms with van der Waals surface area (Å²) in [5, 5.41) is 4.24. The average Bonchev–Trinajstić information content (AvgIpc) is 2.58. The van der Waals surface area contributed by atoms with Crippen molar-refractivity contribution in [3.8, 4) is 5.75 Å². The molecule has 0 aromatic heterocycles. The smallest absolute Gasteiger partial charge is 0.151 e. The molecule has 2 aromatic carbocycles. The van der Waals surface area contributed by atoms with Crippen LogP contribution in [0.15, 0.2) is 48.5 Å². The van der Waals surface area contributed by atoms with Crippen molar-refractivity contribution in [1.29, 1.82) is 0 Å². The number of hydrogen-bond acceptors (Lipinski definition) is 3. The van der Waals surface area contributed by atoms with Crippen LogP contribution in [-0.2, 0) is 4.74 Å². The number of hydrogen-bond donors (Lipinski definition) is 1. The monoisotopic (exact) mass is 337 g/mol.